The molecule has 1 aliphatic heterocycles. The monoisotopic (exact) mass is 303 g/mol. The number of guanidine groups is 1. The van der Waals surface area contributed by atoms with Crippen LogP contribution in [0.4, 0.5) is 0 Å². The van der Waals surface area contributed by atoms with Crippen LogP contribution in [0.1, 0.15) is 32.3 Å². The molecule has 4 heteroatoms. The SMILES string of the molecule is COc1ccc(CC(C)CN=C(N)N2CCC(C)CC2)cc1. The van der Waals surface area contributed by atoms with Crippen LogP contribution in [-0.2, 0) is 6.42 Å². The van der Waals surface area contributed by atoms with Crippen molar-refractivity contribution in [2.75, 3.05) is 26.7 Å². The summed E-state index contributed by atoms with van der Waals surface area (Å²) >= 11 is 0. The van der Waals surface area contributed by atoms with E-state index in [1.165, 1.54) is 18.4 Å². The smallest absolute Gasteiger partial charge is 0.191 e. The summed E-state index contributed by atoms with van der Waals surface area (Å²) < 4.78 is 5.18. The third-order valence-corrected chi connectivity index (χ3v) is 4.42. The topological polar surface area (TPSA) is 50.9 Å². The molecule has 0 bridgehead atoms. The van der Waals surface area contributed by atoms with Gasteiger partial charge in [0.1, 0.15) is 5.75 Å². The average Bonchev–Trinajstić information content (AvgIpc) is 2.54. The molecule has 2 N–H and O–H groups in total. The Morgan fingerprint density at radius 1 is 1.32 bits per heavy atom. The van der Waals surface area contributed by atoms with Crippen LogP contribution in [0.3, 0.4) is 0 Å². The maximum Gasteiger partial charge on any atom is 0.191 e. The van der Waals surface area contributed by atoms with Gasteiger partial charge in [0.2, 0.25) is 0 Å². The molecule has 1 aromatic carbocycles. The molecular formula is C18H29N3O. The van der Waals surface area contributed by atoms with E-state index in [2.05, 4.69) is 35.9 Å². The lowest BCUT2D eigenvalue weighted by Gasteiger charge is -2.31. The molecule has 2 rings (SSSR count). The highest BCUT2D eigenvalue weighted by molar-refractivity contribution is 5.78. The van der Waals surface area contributed by atoms with E-state index in [1.54, 1.807) is 7.11 Å². The van der Waals surface area contributed by atoms with Crippen molar-refractivity contribution in [1.82, 2.24) is 4.90 Å². The van der Waals surface area contributed by atoms with Gasteiger partial charge in [0.05, 0.1) is 7.11 Å². The number of aliphatic imine (C=N–C) groups is 1. The molecule has 0 amide bonds. The third kappa shape index (κ3) is 4.93. The number of ether oxygens (including phenoxy) is 1. The fourth-order valence-corrected chi connectivity index (χ4v) is 2.82. The number of hydrogen-bond donors (Lipinski definition) is 1. The molecule has 4 nitrogen and oxygen atoms in total. The molecule has 1 saturated heterocycles. The van der Waals surface area contributed by atoms with E-state index in [9.17, 15) is 0 Å². The van der Waals surface area contributed by atoms with E-state index >= 15 is 0 Å². The normalized spacial score (nSPS) is 18.3. The number of piperidine rings is 1. The van der Waals surface area contributed by atoms with Crippen LogP contribution >= 0.6 is 0 Å². The molecule has 122 valence electrons. The second-order valence-corrected chi connectivity index (χ2v) is 6.53. The minimum absolute atomic E-state index is 0.482. The molecule has 0 radical (unpaired) electrons. The summed E-state index contributed by atoms with van der Waals surface area (Å²) in [4.78, 5) is 6.82. The standard InChI is InChI=1S/C18H29N3O/c1-14-8-10-21(11-9-14)18(19)20-13-15(2)12-16-4-6-17(22-3)7-5-16/h4-7,14-15H,8-13H2,1-3H3,(H2,19,20). The molecule has 1 unspecified atom stereocenters. The number of benzene rings is 1. The van der Waals surface area contributed by atoms with Crippen LogP contribution in [0, 0.1) is 11.8 Å². The van der Waals surface area contributed by atoms with Crippen LogP contribution in [0.25, 0.3) is 0 Å². The average molecular weight is 303 g/mol. The summed E-state index contributed by atoms with van der Waals surface area (Å²) in [5.74, 6) is 2.92. The predicted octanol–water partition coefficient (Wildman–Crippen LogP) is 2.92. The van der Waals surface area contributed by atoms with Gasteiger partial charge in [-0.25, -0.2) is 0 Å². The van der Waals surface area contributed by atoms with Gasteiger partial charge in [0, 0.05) is 19.6 Å². The Bertz CT molecular complexity index is 476. The Morgan fingerprint density at radius 2 is 1.95 bits per heavy atom. The van der Waals surface area contributed by atoms with Crippen molar-refractivity contribution < 1.29 is 4.74 Å². The van der Waals surface area contributed by atoms with E-state index < -0.39 is 0 Å². The minimum atomic E-state index is 0.482. The lowest BCUT2D eigenvalue weighted by molar-refractivity contribution is 0.277. The quantitative estimate of drug-likeness (QED) is 0.672. The van der Waals surface area contributed by atoms with Crippen molar-refractivity contribution in [3.8, 4) is 5.75 Å². The Balaban J connectivity index is 1.80. The zero-order valence-electron chi connectivity index (χ0n) is 14.1. The summed E-state index contributed by atoms with van der Waals surface area (Å²) in [6.45, 7) is 7.40. The van der Waals surface area contributed by atoms with Gasteiger partial charge >= 0.3 is 0 Å². The number of methoxy groups -OCH3 is 1. The number of hydrogen-bond acceptors (Lipinski definition) is 2. The zero-order chi connectivity index (χ0) is 15.9. The first-order valence-electron chi connectivity index (χ1n) is 8.26. The molecular weight excluding hydrogens is 274 g/mol. The van der Waals surface area contributed by atoms with Crippen LogP contribution in [0.15, 0.2) is 29.3 Å². The van der Waals surface area contributed by atoms with Crippen LogP contribution in [-0.4, -0.2) is 37.6 Å². The Kier molecular flexibility index (Phi) is 6.10. The first-order chi connectivity index (χ1) is 10.6. The molecule has 0 spiro atoms. The molecule has 1 heterocycles. The van der Waals surface area contributed by atoms with Crippen LogP contribution in [0.5, 0.6) is 5.75 Å². The fourth-order valence-electron chi connectivity index (χ4n) is 2.82. The first-order valence-corrected chi connectivity index (χ1v) is 8.26. The summed E-state index contributed by atoms with van der Waals surface area (Å²) in [6.07, 6.45) is 3.45. The first kappa shape index (κ1) is 16.7. The van der Waals surface area contributed by atoms with Gasteiger partial charge < -0.3 is 15.4 Å². The maximum atomic E-state index is 6.13. The highest BCUT2D eigenvalue weighted by Crippen LogP contribution is 2.17. The van der Waals surface area contributed by atoms with Gasteiger partial charge in [-0.2, -0.15) is 0 Å². The van der Waals surface area contributed by atoms with Crippen LogP contribution in [0.2, 0.25) is 0 Å². The van der Waals surface area contributed by atoms with Crippen molar-refractivity contribution in [3.05, 3.63) is 29.8 Å². The van der Waals surface area contributed by atoms with E-state index in [4.69, 9.17) is 10.5 Å². The van der Waals surface area contributed by atoms with Gasteiger partial charge in [-0.1, -0.05) is 26.0 Å². The molecule has 1 aliphatic rings. The van der Waals surface area contributed by atoms with E-state index in [1.807, 2.05) is 12.1 Å². The second kappa shape index (κ2) is 8.06. The Hall–Kier alpha value is -1.71. The fraction of sp³-hybridized carbons (Fsp3) is 0.611. The highest BCUT2D eigenvalue weighted by atomic mass is 16.5. The minimum Gasteiger partial charge on any atom is -0.497 e. The van der Waals surface area contributed by atoms with Gasteiger partial charge in [-0.05, 0) is 48.8 Å². The van der Waals surface area contributed by atoms with Gasteiger partial charge in [0.15, 0.2) is 5.96 Å². The summed E-state index contributed by atoms with van der Waals surface area (Å²) in [7, 11) is 1.69. The lowest BCUT2D eigenvalue weighted by Crippen LogP contribution is -2.42. The maximum absolute atomic E-state index is 6.13. The van der Waals surface area contributed by atoms with Crippen molar-refractivity contribution in [3.63, 3.8) is 0 Å². The van der Waals surface area contributed by atoms with E-state index in [0.29, 0.717) is 11.9 Å². The van der Waals surface area contributed by atoms with Gasteiger partial charge in [-0.3, -0.25) is 4.99 Å². The summed E-state index contributed by atoms with van der Waals surface area (Å²) in [5.41, 5.74) is 7.45. The van der Waals surface area contributed by atoms with E-state index in [0.717, 1.165) is 37.7 Å². The molecule has 0 aromatic heterocycles. The van der Waals surface area contributed by atoms with Crippen molar-refractivity contribution in [1.29, 1.82) is 0 Å². The van der Waals surface area contributed by atoms with Crippen molar-refractivity contribution >= 4 is 5.96 Å². The second-order valence-electron chi connectivity index (χ2n) is 6.53. The molecule has 1 fully saturated rings. The van der Waals surface area contributed by atoms with Gasteiger partial charge in [-0.15, -0.1) is 0 Å². The molecule has 22 heavy (non-hydrogen) atoms. The third-order valence-electron chi connectivity index (χ3n) is 4.42. The van der Waals surface area contributed by atoms with E-state index in [-0.39, 0.29) is 0 Å². The largest absolute Gasteiger partial charge is 0.497 e. The molecule has 0 saturated carbocycles. The molecule has 1 atom stereocenters. The predicted molar refractivity (Wildman–Crippen MR) is 92.3 cm³/mol. The van der Waals surface area contributed by atoms with Crippen molar-refractivity contribution in [2.45, 2.75) is 33.1 Å². The summed E-state index contributed by atoms with van der Waals surface area (Å²) in [6, 6.07) is 8.26. The Labute approximate surface area is 134 Å². The number of likely N-dealkylation sites (tertiary alicyclic amines) is 1. The van der Waals surface area contributed by atoms with Gasteiger partial charge in [0.25, 0.3) is 0 Å². The number of nitrogens with two attached hydrogens (primary N) is 1. The number of nitrogens with zero attached hydrogens (tertiary/aromatic N) is 2. The Morgan fingerprint density at radius 3 is 2.55 bits per heavy atom. The summed E-state index contributed by atoms with van der Waals surface area (Å²) in [5, 5.41) is 0. The molecule has 0 aliphatic carbocycles. The highest BCUT2D eigenvalue weighted by Gasteiger charge is 2.17. The number of rotatable bonds is 5. The lowest BCUT2D eigenvalue weighted by atomic mass is 9.99. The zero-order valence-corrected chi connectivity index (χ0v) is 14.1. The molecule has 1 aromatic rings. The van der Waals surface area contributed by atoms with Crippen LogP contribution < -0.4 is 10.5 Å². The van der Waals surface area contributed by atoms with Crippen molar-refractivity contribution in [2.24, 2.45) is 22.6 Å².